The first-order valence-corrected chi connectivity index (χ1v) is 14.0. The van der Waals surface area contributed by atoms with Crippen molar-refractivity contribution in [3.8, 4) is 11.5 Å². The van der Waals surface area contributed by atoms with Crippen LogP contribution in [0.25, 0.3) is 0 Å². The molecular weight excluding hydrogens is 462 g/mol. The molecule has 4 N–H and O–H groups in total. The van der Waals surface area contributed by atoms with Gasteiger partial charge >= 0.3 is 5.97 Å². The minimum atomic E-state index is -3.19. The van der Waals surface area contributed by atoms with Crippen LogP contribution in [0.3, 0.4) is 0 Å². The Balaban J connectivity index is 2.22. The number of aromatic hydroxyl groups is 1. The molecule has 0 fully saturated rings. The van der Waals surface area contributed by atoms with Crippen molar-refractivity contribution >= 4 is 39.7 Å². The zero-order chi connectivity index (χ0) is 24.2. The summed E-state index contributed by atoms with van der Waals surface area (Å²) in [5.74, 6) is -0.381. The molecule has 182 valence electrons. The van der Waals surface area contributed by atoms with E-state index in [1.54, 1.807) is 18.2 Å². The van der Waals surface area contributed by atoms with Crippen LogP contribution in [0.15, 0.2) is 46.2 Å². The van der Waals surface area contributed by atoms with Gasteiger partial charge in [-0.25, -0.2) is 4.79 Å². The Hall–Kier alpha value is -2.07. The molecule has 2 aromatic rings. The van der Waals surface area contributed by atoms with Crippen molar-refractivity contribution < 1.29 is 28.8 Å². The molecule has 2 aromatic carbocycles. The van der Waals surface area contributed by atoms with Crippen molar-refractivity contribution in [1.82, 2.24) is 0 Å². The number of carbonyl (C=O) groups is 1. The fourth-order valence-corrected chi connectivity index (χ4v) is 7.14. The summed E-state index contributed by atoms with van der Waals surface area (Å²) in [6.45, 7) is 4.30. The predicted molar refractivity (Wildman–Crippen MR) is 135 cm³/mol. The number of phenolic OH excluding ortho intramolecular Hbond substituents is 1. The number of carboxylic acids is 1. The average molecular weight is 496 g/mol. The first-order valence-electron chi connectivity index (χ1n) is 11.0. The number of thioether (sulfide) groups is 1. The van der Waals surface area contributed by atoms with Crippen LogP contribution in [0.4, 0.5) is 11.4 Å². The van der Waals surface area contributed by atoms with Crippen LogP contribution in [-0.4, -0.2) is 50.4 Å². The van der Waals surface area contributed by atoms with Crippen molar-refractivity contribution in [2.75, 3.05) is 30.1 Å². The molecule has 1 aliphatic rings. The Labute approximate surface area is 201 Å². The van der Waals surface area contributed by atoms with Gasteiger partial charge in [0.1, 0.15) is 11.5 Å². The quantitative estimate of drug-likeness (QED) is 0.295. The average Bonchev–Trinajstić information content (AvgIpc) is 2.88. The van der Waals surface area contributed by atoms with Crippen LogP contribution in [0.5, 0.6) is 11.5 Å². The number of ether oxygens (including phenoxy) is 1. The van der Waals surface area contributed by atoms with Crippen LogP contribution < -0.4 is 9.64 Å². The number of hydrogen-bond donors (Lipinski definition) is 4. The van der Waals surface area contributed by atoms with Gasteiger partial charge in [-0.15, -0.1) is 11.8 Å². The number of unbranched alkanes of at least 4 members (excludes halogenated alkanes) is 1. The van der Waals surface area contributed by atoms with Gasteiger partial charge in [-0.1, -0.05) is 26.7 Å². The van der Waals surface area contributed by atoms with Crippen molar-refractivity contribution in [3.63, 3.8) is 0 Å². The lowest BCUT2D eigenvalue weighted by atomic mass is 9.81. The van der Waals surface area contributed by atoms with Gasteiger partial charge in [0.05, 0.1) is 15.5 Å². The number of anilines is 2. The molecule has 0 radical (unpaired) electrons. The summed E-state index contributed by atoms with van der Waals surface area (Å²) in [6.07, 6.45) is 5.50. The number of phenols is 1. The van der Waals surface area contributed by atoms with Crippen LogP contribution in [0.2, 0.25) is 0 Å². The third-order valence-electron chi connectivity index (χ3n) is 6.21. The Kier molecular flexibility index (Phi) is 8.10. The minimum Gasteiger partial charge on any atom is -0.508 e. The van der Waals surface area contributed by atoms with Gasteiger partial charge < -0.3 is 19.8 Å². The van der Waals surface area contributed by atoms with Gasteiger partial charge in [-0.2, -0.15) is 10.6 Å². The molecule has 1 heterocycles. The lowest BCUT2D eigenvalue weighted by molar-refractivity contribution is -0.139. The van der Waals surface area contributed by atoms with Gasteiger partial charge in [0.2, 0.25) is 0 Å². The van der Waals surface area contributed by atoms with Crippen molar-refractivity contribution in [2.45, 2.75) is 49.3 Å². The molecule has 0 spiro atoms. The van der Waals surface area contributed by atoms with E-state index in [-0.39, 0.29) is 16.9 Å². The van der Waals surface area contributed by atoms with Gasteiger partial charge in [-0.05, 0) is 49.4 Å². The number of carboxylic acid groups (broad SMARTS) is 1. The highest BCUT2D eigenvalue weighted by molar-refractivity contribution is 8.24. The Morgan fingerprint density at radius 1 is 1.21 bits per heavy atom. The summed E-state index contributed by atoms with van der Waals surface area (Å²) in [7, 11) is -3.19. The van der Waals surface area contributed by atoms with E-state index in [0.29, 0.717) is 27.8 Å². The second kappa shape index (κ2) is 10.5. The standard InChI is InChI=1S/C24H33NO6S2/c1-4-6-11-24(5-2)15-25(17-7-9-18(26)10-8-17)19-12-21(32-3)20(31-14-23(27)28)13-22(19)33(29,30)16-24/h7-10,12-13,26,29-30H,4-6,11,14-16H2,1-3H3,(H,27,28). The maximum atomic E-state index is 11.4. The zero-order valence-corrected chi connectivity index (χ0v) is 20.9. The van der Waals surface area contributed by atoms with E-state index in [0.717, 1.165) is 31.4 Å². The number of benzene rings is 2. The molecule has 9 heteroatoms. The molecule has 0 aliphatic carbocycles. The van der Waals surface area contributed by atoms with E-state index in [9.17, 15) is 19.0 Å². The second-order valence-corrected chi connectivity index (χ2v) is 11.4. The van der Waals surface area contributed by atoms with Gasteiger partial charge in [0.15, 0.2) is 6.61 Å². The molecule has 1 aliphatic heterocycles. The smallest absolute Gasteiger partial charge is 0.341 e. The van der Waals surface area contributed by atoms with Crippen LogP contribution >= 0.6 is 22.4 Å². The zero-order valence-electron chi connectivity index (χ0n) is 19.3. The van der Waals surface area contributed by atoms with Crippen LogP contribution in [0, 0.1) is 5.41 Å². The van der Waals surface area contributed by atoms with Crippen LogP contribution in [0.1, 0.15) is 39.5 Å². The molecular formula is C24H33NO6S2. The molecule has 0 aromatic heterocycles. The largest absolute Gasteiger partial charge is 0.508 e. The molecule has 3 rings (SSSR count). The number of hydrogen-bond acceptors (Lipinski definition) is 7. The van der Waals surface area contributed by atoms with Gasteiger partial charge in [-0.3, -0.25) is 9.11 Å². The fraction of sp³-hybridized carbons (Fsp3) is 0.458. The number of fused-ring (bicyclic) bond motifs is 1. The highest BCUT2D eigenvalue weighted by atomic mass is 32.3. The van der Waals surface area contributed by atoms with Gasteiger partial charge in [0, 0.05) is 29.5 Å². The lowest BCUT2D eigenvalue weighted by Gasteiger charge is -2.41. The minimum absolute atomic E-state index is 0.160. The Morgan fingerprint density at radius 3 is 2.48 bits per heavy atom. The summed E-state index contributed by atoms with van der Waals surface area (Å²) >= 11 is 1.41. The van der Waals surface area contributed by atoms with E-state index < -0.39 is 23.2 Å². The molecule has 33 heavy (non-hydrogen) atoms. The summed E-state index contributed by atoms with van der Waals surface area (Å²) < 4.78 is 28.4. The maximum Gasteiger partial charge on any atom is 0.341 e. The molecule has 7 nitrogen and oxygen atoms in total. The summed E-state index contributed by atoms with van der Waals surface area (Å²) in [4.78, 5) is 14.2. The number of aliphatic carboxylic acids is 1. The van der Waals surface area contributed by atoms with E-state index >= 15 is 0 Å². The molecule has 1 unspecified atom stereocenters. The van der Waals surface area contributed by atoms with E-state index in [2.05, 4.69) is 18.7 Å². The number of rotatable bonds is 9. The third-order valence-corrected chi connectivity index (χ3v) is 9.02. The lowest BCUT2D eigenvalue weighted by Crippen LogP contribution is -2.37. The summed E-state index contributed by atoms with van der Waals surface area (Å²) in [5, 5.41) is 18.9. The summed E-state index contributed by atoms with van der Waals surface area (Å²) in [5.41, 5.74) is 1.18. The first kappa shape index (κ1) is 25.6. The number of nitrogens with zero attached hydrogens (tertiary/aromatic N) is 1. The van der Waals surface area contributed by atoms with Crippen LogP contribution in [-0.2, 0) is 4.79 Å². The van der Waals surface area contributed by atoms with Gasteiger partial charge in [0.25, 0.3) is 0 Å². The molecule has 0 amide bonds. The molecule has 1 atom stereocenters. The second-order valence-electron chi connectivity index (χ2n) is 8.52. The van der Waals surface area contributed by atoms with E-state index in [4.69, 9.17) is 9.84 Å². The highest BCUT2D eigenvalue weighted by Crippen LogP contribution is 2.62. The summed E-state index contributed by atoms with van der Waals surface area (Å²) in [6, 6.07) is 10.3. The van der Waals surface area contributed by atoms with Crippen molar-refractivity contribution in [3.05, 3.63) is 36.4 Å². The third kappa shape index (κ3) is 5.71. The molecule has 0 bridgehead atoms. The SMILES string of the molecule is CCCCC1(CC)CN(c2ccc(O)cc2)c2cc(SC)c(OCC(=O)O)cc2S(O)(O)C1. The maximum absolute atomic E-state index is 11.4. The van der Waals surface area contributed by atoms with E-state index in [1.807, 2.05) is 24.5 Å². The highest BCUT2D eigenvalue weighted by Gasteiger charge is 2.42. The normalized spacial score (nSPS) is 20.6. The fourth-order valence-electron chi connectivity index (χ4n) is 4.34. The van der Waals surface area contributed by atoms with Crippen molar-refractivity contribution in [1.29, 1.82) is 0 Å². The molecule has 0 saturated carbocycles. The predicted octanol–water partition coefficient (Wildman–Crippen LogP) is 6.43. The van der Waals surface area contributed by atoms with E-state index in [1.165, 1.54) is 11.8 Å². The topological polar surface area (TPSA) is 110 Å². The Morgan fingerprint density at radius 2 is 1.91 bits per heavy atom. The first-order chi connectivity index (χ1) is 15.6. The Bertz CT molecular complexity index is 982. The van der Waals surface area contributed by atoms with Crippen molar-refractivity contribution in [2.24, 2.45) is 5.41 Å². The monoisotopic (exact) mass is 495 g/mol. The molecule has 0 saturated heterocycles.